The lowest BCUT2D eigenvalue weighted by Gasteiger charge is -2.09. The fourth-order valence-electron chi connectivity index (χ4n) is 2.11. The molecule has 0 saturated heterocycles. The van der Waals surface area contributed by atoms with E-state index in [9.17, 15) is 19.8 Å². The summed E-state index contributed by atoms with van der Waals surface area (Å²) in [7, 11) is 0. The SMILES string of the molecule is CCCCOc1c(C(=O)O)sc2sc(C(=O)O)c(OCCCC)c12. The minimum Gasteiger partial charge on any atom is -0.491 e. The van der Waals surface area contributed by atoms with Gasteiger partial charge in [0, 0.05) is 0 Å². The van der Waals surface area contributed by atoms with Crippen molar-refractivity contribution in [3.05, 3.63) is 9.75 Å². The molecule has 0 atom stereocenters. The number of carboxylic acid groups (broad SMARTS) is 2. The largest absolute Gasteiger partial charge is 0.491 e. The smallest absolute Gasteiger partial charge is 0.349 e. The molecule has 0 aliphatic carbocycles. The van der Waals surface area contributed by atoms with E-state index in [1.165, 1.54) is 0 Å². The fraction of sp³-hybridized carbons (Fsp3) is 0.500. The Morgan fingerprint density at radius 1 is 0.875 bits per heavy atom. The molecule has 2 aromatic heterocycles. The van der Waals surface area contributed by atoms with E-state index in [4.69, 9.17) is 9.47 Å². The van der Waals surface area contributed by atoms with Crippen LogP contribution >= 0.6 is 22.7 Å². The van der Waals surface area contributed by atoms with Gasteiger partial charge >= 0.3 is 11.9 Å². The standard InChI is InChI=1S/C16H20O6S2/c1-3-5-7-21-10-9-11(22-8-6-4-2)13(15(19)20)24-16(9)23-12(10)14(17)18/h3-8H2,1-2H3,(H,17,18)(H,19,20). The Bertz CT molecular complexity index is 673. The average molecular weight is 372 g/mol. The highest BCUT2D eigenvalue weighted by atomic mass is 32.2. The van der Waals surface area contributed by atoms with Crippen LogP contribution < -0.4 is 9.47 Å². The maximum atomic E-state index is 11.5. The topological polar surface area (TPSA) is 93.1 Å². The van der Waals surface area contributed by atoms with Crippen molar-refractivity contribution in [3.8, 4) is 11.5 Å². The Morgan fingerprint density at radius 3 is 1.62 bits per heavy atom. The molecule has 8 heteroatoms. The van der Waals surface area contributed by atoms with Crippen molar-refractivity contribution in [2.75, 3.05) is 13.2 Å². The minimum absolute atomic E-state index is 0.0876. The van der Waals surface area contributed by atoms with Crippen molar-refractivity contribution < 1.29 is 29.3 Å². The normalized spacial score (nSPS) is 10.9. The Balaban J connectivity index is 2.53. The molecule has 0 fully saturated rings. The number of carbonyl (C=O) groups is 2. The molecule has 2 aromatic rings. The molecule has 6 nitrogen and oxygen atoms in total. The third-order valence-electron chi connectivity index (χ3n) is 3.34. The molecule has 2 heterocycles. The summed E-state index contributed by atoms with van der Waals surface area (Å²) in [5.74, 6) is -1.70. The number of thiophene rings is 2. The van der Waals surface area contributed by atoms with Crippen molar-refractivity contribution in [1.82, 2.24) is 0 Å². The van der Waals surface area contributed by atoms with Gasteiger partial charge in [-0.1, -0.05) is 26.7 Å². The lowest BCUT2D eigenvalue weighted by Crippen LogP contribution is -2.04. The van der Waals surface area contributed by atoms with Gasteiger partial charge in [-0.25, -0.2) is 9.59 Å². The maximum absolute atomic E-state index is 11.5. The third kappa shape index (κ3) is 3.81. The predicted octanol–water partition coefficient (Wildman–Crippen LogP) is 4.72. The second-order valence-electron chi connectivity index (χ2n) is 5.20. The number of rotatable bonds is 10. The quantitative estimate of drug-likeness (QED) is 0.586. The van der Waals surface area contributed by atoms with Gasteiger partial charge in [0.2, 0.25) is 0 Å². The lowest BCUT2D eigenvalue weighted by molar-refractivity contribution is 0.0688. The van der Waals surface area contributed by atoms with Gasteiger partial charge < -0.3 is 19.7 Å². The minimum atomic E-state index is -1.08. The van der Waals surface area contributed by atoms with E-state index in [0.717, 1.165) is 48.4 Å². The summed E-state index contributed by atoms with van der Waals surface area (Å²) in [4.78, 5) is 23.2. The number of ether oxygens (including phenoxy) is 2. The number of unbranched alkanes of at least 4 members (excludes halogenated alkanes) is 2. The molecule has 2 rings (SSSR count). The van der Waals surface area contributed by atoms with Crippen molar-refractivity contribution in [1.29, 1.82) is 0 Å². The molecular weight excluding hydrogens is 352 g/mol. The van der Waals surface area contributed by atoms with Gasteiger partial charge in [-0.05, 0) is 12.8 Å². The molecular formula is C16H20O6S2. The predicted molar refractivity (Wildman–Crippen MR) is 94.4 cm³/mol. The molecule has 0 unspecified atom stereocenters. The monoisotopic (exact) mass is 372 g/mol. The highest BCUT2D eigenvalue weighted by molar-refractivity contribution is 7.40. The first kappa shape index (κ1) is 18.5. The summed E-state index contributed by atoms with van der Waals surface area (Å²) in [6, 6.07) is 0. The van der Waals surface area contributed by atoms with E-state index < -0.39 is 11.9 Å². The van der Waals surface area contributed by atoms with Crippen LogP contribution in [-0.4, -0.2) is 35.4 Å². The van der Waals surface area contributed by atoms with Crippen LogP contribution in [0.2, 0.25) is 0 Å². The van der Waals surface area contributed by atoms with Crippen LogP contribution in [0, 0.1) is 0 Å². The molecule has 0 aromatic carbocycles. The summed E-state index contributed by atoms with van der Waals surface area (Å²) in [6.07, 6.45) is 3.41. The number of carboxylic acids is 2. The molecule has 0 amide bonds. The van der Waals surface area contributed by atoms with E-state index in [-0.39, 0.29) is 21.3 Å². The molecule has 0 spiro atoms. The molecule has 132 valence electrons. The van der Waals surface area contributed by atoms with Gasteiger partial charge in [0.1, 0.15) is 0 Å². The van der Waals surface area contributed by atoms with Crippen molar-refractivity contribution >= 4 is 44.0 Å². The fourth-order valence-corrected chi connectivity index (χ4v) is 4.41. The van der Waals surface area contributed by atoms with E-state index in [2.05, 4.69) is 0 Å². The van der Waals surface area contributed by atoms with E-state index in [1.807, 2.05) is 13.8 Å². The van der Waals surface area contributed by atoms with E-state index >= 15 is 0 Å². The number of hydrogen-bond acceptors (Lipinski definition) is 6. The van der Waals surface area contributed by atoms with Gasteiger partial charge in [-0.15, -0.1) is 22.7 Å². The summed E-state index contributed by atoms with van der Waals surface area (Å²) < 4.78 is 12.0. The third-order valence-corrected chi connectivity index (χ3v) is 5.74. The summed E-state index contributed by atoms with van der Waals surface area (Å²) in [6.45, 7) is 4.79. The molecule has 24 heavy (non-hydrogen) atoms. The number of fused-ring (bicyclic) bond motifs is 1. The highest BCUT2D eigenvalue weighted by Crippen LogP contribution is 2.50. The highest BCUT2D eigenvalue weighted by Gasteiger charge is 2.29. The maximum Gasteiger partial charge on any atom is 0.349 e. The molecule has 0 saturated carbocycles. The average Bonchev–Trinajstić information content (AvgIpc) is 3.05. The first-order valence-corrected chi connectivity index (χ1v) is 9.45. The zero-order valence-corrected chi connectivity index (χ0v) is 15.2. The van der Waals surface area contributed by atoms with Crippen LogP contribution in [0.3, 0.4) is 0 Å². The van der Waals surface area contributed by atoms with Crippen LogP contribution in [0.15, 0.2) is 0 Å². The molecule has 0 bridgehead atoms. The molecule has 0 aliphatic rings. The zero-order valence-electron chi connectivity index (χ0n) is 13.6. The van der Waals surface area contributed by atoms with Gasteiger partial charge in [0.15, 0.2) is 21.3 Å². The summed E-state index contributed by atoms with van der Waals surface area (Å²) >= 11 is 2.06. The molecule has 0 radical (unpaired) electrons. The van der Waals surface area contributed by atoms with Gasteiger partial charge in [-0.3, -0.25) is 0 Å². The zero-order chi connectivity index (χ0) is 17.7. The van der Waals surface area contributed by atoms with Crippen LogP contribution in [0.25, 0.3) is 9.40 Å². The van der Waals surface area contributed by atoms with Gasteiger partial charge in [-0.2, -0.15) is 0 Å². The summed E-state index contributed by atoms with van der Waals surface area (Å²) in [5, 5.41) is 19.3. The Kier molecular flexibility index (Phi) is 6.44. The first-order chi connectivity index (χ1) is 11.5. The number of aromatic carboxylic acids is 2. The number of hydrogen-bond donors (Lipinski definition) is 2. The van der Waals surface area contributed by atoms with Crippen LogP contribution in [-0.2, 0) is 0 Å². The lowest BCUT2D eigenvalue weighted by atomic mass is 10.2. The van der Waals surface area contributed by atoms with E-state index in [1.54, 1.807) is 0 Å². The molecule has 2 N–H and O–H groups in total. The second-order valence-corrected chi connectivity index (χ2v) is 7.50. The van der Waals surface area contributed by atoms with E-state index in [0.29, 0.717) is 22.6 Å². The summed E-state index contributed by atoms with van der Waals surface area (Å²) in [5.41, 5.74) is 0. The van der Waals surface area contributed by atoms with Crippen molar-refractivity contribution in [3.63, 3.8) is 0 Å². The van der Waals surface area contributed by atoms with Crippen molar-refractivity contribution in [2.45, 2.75) is 39.5 Å². The van der Waals surface area contributed by atoms with Crippen LogP contribution in [0.5, 0.6) is 11.5 Å². The molecule has 0 aliphatic heterocycles. The van der Waals surface area contributed by atoms with Gasteiger partial charge in [0.05, 0.1) is 22.6 Å². The Hall–Kier alpha value is -1.80. The first-order valence-electron chi connectivity index (χ1n) is 7.82. The van der Waals surface area contributed by atoms with Crippen LogP contribution in [0.1, 0.15) is 58.9 Å². The second kappa shape index (κ2) is 8.34. The Labute approximate surface area is 147 Å². The van der Waals surface area contributed by atoms with Crippen molar-refractivity contribution in [2.24, 2.45) is 0 Å². The Morgan fingerprint density at radius 2 is 1.29 bits per heavy atom. The van der Waals surface area contributed by atoms with Crippen LogP contribution in [0.4, 0.5) is 0 Å². The van der Waals surface area contributed by atoms with Gasteiger partial charge in [0.25, 0.3) is 0 Å².